The van der Waals surface area contributed by atoms with Gasteiger partial charge in [0.25, 0.3) is 0 Å². The molecule has 2 aliphatic heterocycles. The van der Waals surface area contributed by atoms with Gasteiger partial charge in [0.2, 0.25) is 0 Å². The van der Waals surface area contributed by atoms with Crippen molar-refractivity contribution < 1.29 is 4.74 Å². The van der Waals surface area contributed by atoms with Crippen LogP contribution < -0.4 is 10.1 Å². The van der Waals surface area contributed by atoms with Gasteiger partial charge in [-0.2, -0.15) is 0 Å². The van der Waals surface area contributed by atoms with Crippen LogP contribution in [0.25, 0.3) is 0 Å². The Kier molecular flexibility index (Phi) is 3.04. The van der Waals surface area contributed by atoms with Crippen molar-refractivity contribution in [2.24, 2.45) is 0 Å². The largest absolute Gasteiger partial charge is 0.493 e. The number of nitrogens with zero attached hydrogens (tertiary/aromatic N) is 1. The Hall–Kier alpha value is -1.06. The molecule has 0 aliphatic carbocycles. The highest BCUT2D eigenvalue weighted by molar-refractivity contribution is 5.46. The average Bonchev–Trinajstić information content (AvgIpc) is 2.83. The van der Waals surface area contributed by atoms with Crippen LogP contribution in [-0.4, -0.2) is 37.7 Å². The van der Waals surface area contributed by atoms with E-state index in [1.807, 2.05) is 0 Å². The third-order valence-electron chi connectivity index (χ3n) is 3.82. The zero-order valence-electron chi connectivity index (χ0n) is 10.5. The molecule has 1 saturated heterocycles. The van der Waals surface area contributed by atoms with Crippen LogP contribution in [0.2, 0.25) is 0 Å². The first-order valence-electron chi connectivity index (χ1n) is 6.52. The van der Waals surface area contributed by atoms with Crippen molar-refractivity contribution in [2.75, 3.05) is 32.8 Å². The summed E-state index contributed by atoms with van der Waals surface area (Å²) in [5.74, 6) is 1.11. The lowest BCUT2D eigenvalue weighted by molar-refractivity contribution is 0.232. The molecule has 2 aliphatic rings. The number of benzene rings is 1. The second-order valence-corrected chi connectivity index (χ2v) is 4.96. The molecule has 0 amide bonds. The monoisotopic (exact) mass is 232 g/mol. The van der Waals surface area contributed by atoms with E-state index in [9.17, 15) is 0 Å². The fourth-order valence-electron chi connectivity index (χ4n) is 2.77. The molecule has 0 unspecified atom stereocenters. The molecule has 0 atom stereocenters. The van der Waals surface area contributed by atoms with Crippen molar-refractivity contribution in [1.29, 1.82) is 0 Å². The number of rotatable bonds is 2. The summed E-state index contributed by atoms with van der Waals surface area (Å²) in [5, 5.41) is 3.40. The minimum atomic E-state index is 0.855. The maximum absolute atomic E-state index is 5.65. The van der Waals surface area contributed by atoms with Gasteiger partial charge in [-0.05, 0) is 24.1 Å². The van der Waals surface area contributed by atoms with Crippen molar-refractivity contribution in [3.05, 3.63) is 28.8 Å². The molecule has 1 N–H and O–H groups in total. The highest BCUT2D eigenvalue weighted by Gasteiger charge is 2.20. The fourth-order valence-corrected chi connectivity index (χ4v) is 2.77. The van der Waals surface area contributed by atoms with Crippen LogP contribution in [0.3, 0.4) is 0 Å². The summed E-state index contributed by atoms with van der Waals surface area (Å²) in [5.41, 5.74) is 4.36. The van der Waals surface area contributed by atoms with Crippen molar-refractivity contribution >= 4 is 0 Å². The summed E-state index contributed by atoms with van der Waals surface area (Å²) in [6.07, 6.45) is 1.08. The molecule has 0 aromatic heterocycles. The van der Waals surface area contributed by atoms with E-state index in [1.54, 1.807) is 0 Å². The summed E-state index contributed by atoms with van der Waals surface area (Å²) < 4.78 is 5.65. The Labute approximate surface area is 103 Å². The molecular weight excluding hydrogens is 212 g/mol. The number of nitrogens with one attached hydrogen (secondary N) is 1. The maximum atomic E-state index is 5.65. The first-order chi connectivity index (χ1) is 8.34. The smallest absolute Gasteiger partial charge is 0.122 e. The number of ether oxygens (including phenoxy) is 1. The van der Waals surface area contributed by atoms with Gasteiger partial charge in [-0.25, -0.2) is 0 Å². The second-order valence-electron chi connectivity index (χ2n) is 4.96. The average molecular weight is 232 g/mol. The number of hydrogen-bond donors (Lipinski definition) is 1. The molecule has 3 nitrogen and oxygen atoms in total. The molecule has 1 fully saturated rings. The molecule has 1 aromatic carbocycles. The normalized spacial score (nSPS) is 20.1. The lowest BCUT2D eigenvalue weighted by Crippen LogP contribution is -2.43. The van der Waals surface area contributed by atoms with Crippen LogP contribution in [0.4, 0.5) is 0 Å². The van der Waals surface area contributed by atoms with E-state index in [-0.39, 0.29) is 0 Å². The van der Waals surface area contributed by atoms with E-state index in [2.05, 4.69) is 29.3 Å². The van der Waals surface area contributed by atoms with Gasteiger partial charge in [0, 0.05) is 44.7 Å². The lowest BCUT2D eigenvalue weighted by Gasteiger charge is -2.28. The van der Waals surface area contributed by atoms with Crippen molar-refractivity contribution in [2.45, 2.75) is 19.9 Å². The Morgan fingerprint density at radius 3 is 2.94 bits per heavy atom. The summed E-state index contributed by atoms with van der Waals surface area (Å²) >= 11 is 0. The molecule has 2 heterocycles. The summed E-state index contributed by atoms with van der Waals surface area (Å²) in [7, 11) is 0. The predicted octanol–water partition coefficient (Wildman–Crippen LogP) is 1.34. The van der Waals surface area contributed by atoms with Crippen molar-refractivity contribution in [3.8, 4) is 5.75 Å². The highest BCUT2D eigenvalue weighted by atomic mass is 16.5. The van der Waals surface area contributed by atoms with Crippen molar-refractivity contribution in [1.82, 2.24) is 10.2 Å². The van der Waals surface area contributed by atoms with E-state index in [0.29, 0.717) is 0 Å². The van der Waals surface area contributed by atoms with Crippen LogP contribution in [0.1, 0.15) is 16.7 Å². The summed E-state index contributed by atoms with van der Waals surface area (Å²) in [6, 6.07) is 4.32. The van der Waals surface area contributed by atoms with Gasteiger partial charge in [0.05, 0.1) is 6.61 Å². The third kappa shape index (κ3) is 2.17. The van der Waals surface area contributed by atoms with Gasteiger partial charge in [-0.1, -0.05) is 6.07 Å². The van der Waals surface area contributed by atoms with Gasteiger partial charge >= 0.3 is 0 Å². The van der Waals surface area contributed by atoms with Crippen LogP contribution in [0.5, 0.6) is 5.75 Å². The quantitative estimate of drug-likeness (QED) is 0.832. The lowest BCUT2D eigenvalue weighted by atomic mass is 9.99. The number of piperazine rings is 1. The van der Waals surface area contributed by atoms with Crippen molar-refractivity contribution in [3.63, 3.8) is 0 Å². The van der Waals surface area contributed by atoms with Crippen LogP contribution in [0, 0.1) is 6.92 Å². The minimum absolute atomic E-state index is 0.855. The predicted molar refractivity (Wildman–Crippen MR) is 68.5 cm³/mol. The van der Waals surface area contributed by atoms with Crippen LogP contribution in [0.15, 0.2) is 12.1 Å². The minimum Gasteiger partial charge on any atom is -0.493 e. The third-order valence-corrected chi connectivity index (χ3v) is 3.82. The molecule has 0 spiro atoms. The topological polar surface area (TPSA) is 24.5 Å². The zero-order chi connectivity index (χ0) is 11.7. The van der Waals surface area contributed by atoms with E-state index >= 15 is 0 Å². The fraction of sp³-hybridized carbons (Fsp3) is 0.571. The van der Waals surface area contributed by atoms with Crippen LogP contribution >= 0.6 is 0 Å². The first-order valence-corrected chi connectivity index (χ1v) is 6.52. The molecule has 3 rings (SSSR count). The highest BCUT2D eigenvalue weighted by Crippen LogP contribution is 2.31. The number of fused-ring (bicyclic) bond motifs is 1. The summed E-state index contributed by atoms with van der Waals surface area (Å²) in [6.45, 7) is 8.70. The molecule has 92 valence electrons. The molecule has 17 heavy (non-hydrogen) atoms. The maximum Gasteiger partial charge on any atom is 0.122 e. The molecule has 0 radical (unpaired) electrons. The molecular formula is C14H20N2O. The SMILES string of the molecule is Cc1ccc2c(c1CN1CCNCC1)CCO2. The van der Waals surface area contributed by atoms with E-state index in [4.69, 9.17) is 4.74 Å². The van der Waals surface area contributed by atoms with E-state index in [0.717, 1.165) is 51.5 Å². The standard InChI is InChI=1S/C14H20N2O/c1-11-2-3-14-12(4-9-17-14)13(11)10-16-7-5-15-6-8-16/h2-3,15H,4-10H2,1H3. The summed E-state index contributed by atoms with van der Waals surface area (Å²) in [4.78, 5) is 2.54. The van der Waals surface area contributed by atoms with Gasteiger partial charge in [-0.3, -0.25) is 4.90 Å². The molecule has 0 bridgehead atoms. The van der Waals surface area contributed by atoms with Gasteiger partial charge in [0.15, 0.2) is 0 Å². The number of hydrogen-bond acceptors (Lipinski definition) is 3. The Morgan fingerprint density at radius 2 is 2.12 bits per heavy atom. The Bertz CT molecular complexity index is 411. The van der Waals surface area contributed by atoms with Gasteiger partial charge in [0.1, 0.15) is 5.75 Å². The molecule has 3 heteroatoms. The van der Waals surface area contributed by atoms with Gasteiger partial charge in [-0.15, -0.1) is 0 Å². The molecule has 0 saturated carbocycles. The van der Waals surface area contributed by atoms with E-state index in [1.165, 1.54) is 16.7 Å². The molecule has 1 aromatic rings. The van der Waals surface area contributed by atoms with E-state index < -0.39 is 0 Å². The first kappa shape index (κ1) is 11.1. The Balaban J connectivity index is 1.84. The number of aryl methyl sites for hydroxylation is 1. The van der Waals surface area contributed by atoms with Crippen LogP contribution in [-0.2, 0) is 13.0 Å². The Morgan fingerprint density at radius 1 is 1.29 bits per heavy atom. The second kappa shape index (κ2) is 4.67. The zero-order valence-corrected chi connectivity index (χ0v) is 10.5. The van der Waals surface area contributed by atoms with Gasteiger partial charge < -0.3 is 10.1 Å².